The van der Waals surface area contributed by atoms with Crippen LogP contribution in [0.25, 0.3) is 0 Å². The number of ether oxygens (including phenoxy) is 2. The third-order valence-electron chi connectivity index (χ3n) is 11.5. The molecule has 0 aromatic heterocycles. The Morgan fingerprint density at radius 1 is 1.00 bits per heavy atom. The molecule has 204 valence electrons. The van der Waals surface area contributed by atoms with E-state index in [1.54, 1.807) is 17.7 Å². The monoisotopic (exact) mass is 528 g/mol. The van der Waals surface area contributed by atoms with Crippen LogP contribution in [-0.4, -0.2) is 34.0 Å². The molecule has 5 aliphatic rings. The Morgan fingerprint density at radius 2 is 1.73 bits per heavy atom. The first-order valence-electron chi connectivity index (χ1n) is 14.5. The molecule has 0 bridgehead atoms. The van der Waals surface area contributed by atoms with Gasteiger partial charge in [-0.3, -0.25) is 4.18 Å². The summed E-state index contributed by atoms with van der Waals surface area (Å²) in [6.45, 7) is 10.9. The van der Waals surface area contributed by atoms with Gasteiger partial charge in [0.05, 0.1) is 24.7 Å². The fourth-order valence-electron chi connectivity index (χ4n) is 9.41. The second-order valence-corrected chi connectivity index (χ2v) is 14.9. The van der Waals surface area contributed by atoms with Crippen LogP contribution < -0.4 is 0 Å². The van der Waals surface area contributed by atoms with Crippen molar-refractivity contribution in [2.24, 2.45) is 40.4 Å². The smallest absolute Gasteiger partial charge is 0.296 e. The Hall–Kier alpha value is -1.21. The van der Waals surface area contributed by atoms with Gasteiger partial charge >= 0.3 is 0 Å². The van der Waals surface area contributed by atoms with Crippen molar-refractivity contribution in [3.63, 3.8) is 0 Å². The lowest BCUT2D eigenvalue weighted by Gasteiger charge is -2.59. The van der Waals surface area contributed by atoms with E-state index in [4.69, 9.17) is 13.7 Å². The molecule has 0 amide bonds. The molecule has 1 aromatic carbocycles. The summed E-state index contributed by atoms with van der Waals surface area (Å²) in [5, 5.41) is 0. The standard InChI is InChI=1S/C31H44O5S/c1-21-5-8-24(9-6-21)37(32,33)36-20-22(2)26-11-12-27-25-10-7-23-19-31(34-17-18-35-31)16-15-29(23,3)28(25)13-14-30(26,27)4/h5-9,22,25-28H,10-20H2,1-4H3/t22?,25?,26?,27?,28?,29-,30+/m0/s1. The molecule has 1 aromatic rings. The van der Waals surface area contributed by atoms with Crippen LogP contribution in [0.5, 0.6) is 0 Å². The highest BCUT2D eigenvalue weighted by Gasteiger charge is 2.60. The quantitative estimate of drug-likeness (QED) is 0.316. The van der Waals surface area contributed by atoms with Crippen LogP contribution in [0.1, 0.15) is 77.7 Å². The van der Waals surface area contributed by atoms with Crippen LogP contribution in [0.4, 0.5) is 0 Å². The molecule has 4 aliphatic carbocycles. The summed E-state index contributed by atoms with van der Waals surface area (Å²) in [7, 11) is -3.73. The van der Waals surface area contributed by atoms with E-state index in [0.29, 0.717) is 11.8 Å². The van der Waals surface area contributed by atoms with Gasteiger partial charge in [-0.1, -0.05) is 50.1 Å². The maximum absolute atomic E-state index is 12.8. The second-order valence-electron chi connectivity index (χ2n) is 13.3. The van der Waals surface area contributed by atoms with E-state index in [-0.39, 0.29) is 34.0 Å². The average molecular weight is 529 g/mol. The van der Waals surface area contributed by atoms with Gasteiger partial charge < -0.3 is 9.47 Å². The highest BCUT2D eigenvalue weighted by atomic mass is 32.2. The largest absolute Gasteiger partial charge is 0.347 e. The van der Waals surface area contributed by atoms with E-state index in [1.807, 2.05) is 19.1 Å². The van der Waals surface area contributed by atoms with Crippen molar-refractivity contribution < 1.29 is 22.1 Å². The van der Waals surface area contributed by atoms with Gasteiger partial charge in [0.1, 0.15) is 0 Å². The van der Waals surface area contributed by atoms with Gasteiger partial charge in [-0.15, -0.1) is 0 Å². The van der Waals surface area contributed by atoms with E-state index in [1.165, 1.54) is 32.1 Å². The van der Waals surface area contributed by atoms with E-state index in [9.17, 15) is 8.42 Å². The summed E-state index contributed by atoms with van der Waals surface area (Å²) >= 11 is 0. The van der Waals surface area contributed by atoms with Crippen molar-refractivity contribution in [2.45, 2.75) is 89.7 Å². The molecule has 1 saturated heterocycles. The fourth-order valence-corrected chi connectivity index (χ4v) is 10.4. The predicted octanol–water partition coefficient (Wildman–Crippen LogP) is 6.66. The molecule has 37 heavy (non-hydrogen) atoms. The van der Waals surface area contributed by atoms with Gasteiger partial charge in [0.25, 0.3) is 10.1 Å². The molecule has 4 fully saturated rings. The average Bonchev–Trinajstić information content (AvgIpc) is 3.47. The number of hydrogen-bond acceptors (Lipinski definition) is 5. The molecule has 0 N–H and O–H groups in total. The zero-order chi connectivity index (χ0) is 26.1. The first-order valence-corrected chi connectivity index (χ1v) is 15.9. The number of allylic oxidation sites excluding steroid dienone is 1. The van der Waals surface area contributed by atoms with Gasteiger partial charge in [0.15, 0.2) is 5.79 Å². The van der Waals surface area contributed by atoms with Gasteiger partial charge in [-0.25, -0.2) is 0 Å². The lowest BCUT2D eigenvalue weighted by molar-refractivity contribution is -0.185. The first kappa shape index (κ1) is 26.0. The number of benzene rings is 1. The lowest BCUT2D eigenvalue weighted by atomic mass is 9.47. The van der Waals surface area contributed by atoms with Crippen molar-refractivity contribution in [1.82, 2.24) is 0 Å². The van der Waals surface area contributed by atoms with Gasteiger partial charge in [-0.05, 0) is 98.0 Å². The van der Waals surface area contributed by atoms with Gasteiger partial charge in [0.2, 0.25) is 0 Å². The van der Waals surface area contributed by atoms with Crippen LogP contribution in [-0.2, 0) is 23.8 Å². The third-order valence-corrected chi connectivity index (χ3v) is 12.8. The Labute approximate surface area is 223 Å². The number of hydrogen-bond donors (Lipinski definition) is 0. The zero-order valence-corrected chi connectivity index (χ0v) is 23.8. The number of aryl methyl sites for hydroxylation is 1. The Balaban J connectivity index is 1.15. The topological polar surface area (TPSA) is 61.8 Å². The molecule has 3 saturated carbocycles. The van der Waals surface area contributed by atoms with Crippen molar-refractivity contribution in [1.29, 1.82) is 0 Å². The minimum atomic E-state index is -3.73. The zero-order valence-electron chi connectivity index (χ0n) is 23.0. The SMILES string of the molecule is Cc1ccc(S(=O)(=O)OCC(C)C2CCC3C4CC=C5CC6(CC[C@]5(C)C4CC[C@]23C)OCCO6)cc1. The first-order chi connectivity index (χ1) is 17.6. The maximum Gasteiger partial charge on any atom is 0.296 e. The molecule has 6 rings (SSSR count). The minimum absolute atomic E-state index is 0.211. The summed E-state index contributed by atoms with van der Waals surface area (Å²) in [4.78, 5) is 0.252. The predicted molar refractivity (Wildman–Crippen MR) is 143 cm³/mol. The van der Waals surface area contributed by atoms with Crippen molar-refractivity contribution >= 4 is 10.1 Å². The lowest BCUT2D eigenvalue weighted by Crippen LogP contribution is -2.52. The Bertz CT molecular complexity index is 1150. The molecule has 5 nitrogen and oxygen atoms in total. The minimum Gasteiger partial charge on any atom is -0.347 e. The summed E-state index contributed by atoms with van der Waals surface area (Å²) < 4.78 is 43.5. The molecule has 7 atom stereocenters. The molecule has 1 heterocycles. The fraction of sp³-hybridized carbons (Fsp3) is 0.742. The molecular weight excluding hydrogens is 484 g/mol. The summed E-state index contributed by atoms with van der Waals surface area (Å²) in [5.41, 5.74) is 3.15. The third kappa shape index (κ3) is 4.25. The molecular formula is C31H44O5S. The normalized spacial score (nSPS) is 39.5. The van der Waals surface area contributed by atoms with Crippen molar-refractivity contribution in [3.8, 4) is 0 Å². The highest BCUT2D eigenvalue weighted by Crippen LogP contribution is 2.68. The van der Waals surface area contributed by atoms with Crippen molar-refractivity contribution in [3.05, 3.63) is 41.5 Å². The number of fused-ring (bicyclic) bond motifs is 5. The van der Waals surface area contributed by atoms with E-state index in [2.05, 4.69) is 26.8 Å². The van der Waals surface area contributed by atoms with E-state index >= 15 is 0 Å². The number of rotatable bonds is 5. The molecule has 5 unspecified atom stereocenters. The van der Waals surface area contributed by atoms with Crippen LogP contribution in [0, 0.1) is 47.3 Å². The van der Waals surface area contributed by atoms with Gasteiger partial charge in [0, 0.05) is 12.8 Å². The van der Waals surface area contributed by atoms with Crippen LogP contribution >= 0.6 is 0 Å². The van der Waals surface area contributed by atoms with Crippen molar-refractivity contribution in [2.75, 3.05) is 19.8 Å². The van der Waals surface area contributed by atoms with Crippen LogP contribution in [0.15, 0.2) is 40.8 Å². The van der Waals surface area contributed by atoms with Crippen LogP contribution in [0.2, 0.25) is 0 Å². The summed E-state index contributed by atoms with van der Waals surface area (Å²) in [6.07, 6.45) is 11.8. The highest BCUT2D eigenvalue weighted by molar-refractivity contribution is 7.86. The Kier molecular flexibility index (Phi) is 6.46. The summed E-state index contributed by atoms with van der Waals surface area (Å²) in [6, 6.07) is 6.94. The molecule has 6 heteroatoms. The van der Waals surface area contributed by atoms with Crippen LogP contribution in [0.3, 0.4) is 0 Å². The second kappa shape index (κ2) is 9.18. The van der Waals surface area contributed by atoms with E-state index < -0.39 is 10.1 Å². The van der Waals surface area contributed by atoms with E-state index in [0.717, 1.165) is 49.9 Å². The molecule has 1 spiro atoms. The van der Waals surface area contributed by atoms with Gasteiger partial charge in [-0.2, -0.15) is 8.42 Å². The maximum atomic E-state index is 12.8. The molecule has 1 aliphatic heterocycles. The molecule has 0 radical (unpaired) electrons. The summed E-state index contributed by atoms with van der Waals surface area (Å²) in [5.74, 6) is 2.52. The Morgan fingerprint density at radius 3 is 2.46 bits per heavy atom.